The van der Waals surface area contributed by atoms with Crippen molar-refractivity contribution in [2.45, 2.75) is 0 Å². The molecule has 0 aliphatic rings. The molecule has 1 rings (SSSR count). The molecule has 0 spiro atoms. The summed E-state index contributed by atoms with van der Waals surface area (Å²) in [6.07, 6.45) is 0. The number of carboxylic acids is 1. The van der Waals surface area contributed by atoms with Gasteiger partial charge in [-0.3, -0.25) is 0 Å². The fourth-order valence-electron chi connectivity index (χ4n) is 1.27. The summed E-state index contributed by atoms with van der Waals surface area (Å²) >= 11 is 0. The molecule has 0 bridgehead atoms. The number of carboxylic acid groups (broad SMARTS) is 1. The maximum Gasteiger partial charge on any atom is 0.335 e. The summed E-state index contributed by atoms with van der Waals surface area (Å²) < 4.78 is 26.8. The van der Waals surface area contributed by atoms with Crippen LogP contribution in [0.15, 0.2) is 12.1 Å². The van der Waals surface area contributed by atoms with Crippen LogP contribution in [0, 0.1) is 11.6 Å². The average Bonchev–Trinajstić information content (AvgIpc) is 2.21. The van der Waals surface area contributed by atoms with E-state index in [0.29, 0.717) is 13.1 Å². The van der Waals surface area contributed by atoms with Crippen LogP contribution in [0.3, 0.4) is 0 Å². The predicted octanol–water partition coefficient (Wildman–Crippen LogP) is 1.64. The van der Waals surface area contributed by atoms with Crippen LogP contribution in [0.25, 0.3) is 0 Å². The molecule has 94 valence electrons. The number of nitrogens with one attached hydrogen (secondary N) is 1. The van der Waals surface area contributed by atoms with Crippen LogP contribution >= 0.6 is 0 Å². The third kappa shape index (κ3) is 3.67. The van der Waals surface area contributed by atoms with Crippen molar-refractivity contribution < 1.29 is 18.7 Å². The number of hydrogen-bond acceptors (Lipinski definition) is 3. The highest BCUT2D eigenvalue weighted by Gasteiger charge is 2.14. The molecule has 17 heavy (non-hydrogen) atoms. The standard InChI is InChI=1S/C11H14F2N2O2/c1-15(2)4-3-14-10-8(12)5-7(11(16)17)6-9(10)13/h5-6,14H,3-4H2,1-2H3,(H,16,17). The van der Waals surface area contributed by atoms with E-state index < -0.39 is 23.2 Å². The van der Waals surface area contributed by atoms with Gasteiger partial charge in [0.25, 0.3) is 0 Å². The first kappa shape index (κ1) is 13.4. The number of nitrogens with zero attached hydrogens (tertiary/aromatic N) is 1. The van der Waals surface area contributed by atoms with Crippen molar-refractivity contribution in [1.29, 1.82) is 0 Å². The van der Waals surface area contributed by atoms with Gasteiger partial charge in [0.05, 0.1) is 5.56 Å². The Kier molecular flexibility index (Phi) is 4.39. The smallest absolute Gasteiger partial charge is 0.335 e. The molecule has 0 aromatic heterocycles. The van der Waals surface area contributed by atoms with E-state index in [1.807, 2.05) is 19.0 Å². The summed E-state index contributed by atoms with van der Waals surface area (Å²) in [5.41, 5.74) is -0.699. The average molecular weight is 244 g/mol. The Morgan fingerprint density at radius 2 is 1.88 bits per heavy atom. The van der Waals surface area contributed by atoms with E-state index in [-0.39, 0.29) is 5.69 Å². The van der Waals surface area contributed by atoms with Crippen molar-refractivity contribution in [1.82, 2.24) is 4.90 Å². The number of hydrogen-bond donors (Lipinski definition) is 2. The van der Waals surface area contributed by atoms with Crippen LogP contribution in [0.5, 0.6) is 0 Å². The first-order valence-corrected chi connectivity index (χ1v) is 5.02. The third-order valence-electron chi connectivity index (χ3n) is 2.15. The Morgan fingerprint density at radius 1 is 1.35 bits per heavy atom. The third-order valence-corrected chi connectivity index (χ3v) is 2.15. The van der Waals surface area contributed by atoms with E-state index in [4.69, 9.17) is 5.11 Å². The molecule has 2 N–H and O–H groups in total. The van der Waals surface area contributed by atoms with Crippen molar-refractivity contribution in [3.8, 4) is 0 Å². The number of halogens is 2. The highest BCUT2D eigenvalue weighted by molar-refractivity contribution is 5.88. The van der Waals surface area contributed by atoms with Gasteiger partial charge in [-0.15, -0.1) is 0 Å². The van der Waals surface area contributed by atoms with Gasteiger partial charge in [0.15, 0.2) is 0 Å². The lowest BCUT2D eigenvalue weighted by molar-refractivity contribution is 0.0696. The maximum atomic E-state index is 13.4. The number of carbonyl (C=O) groups is 1. The monoisotopic (exact) mass is 244 g/mol. The molecule has 0 unspecified atom stereocenters. The van der Waals surface area contributed by atoms with Crippen molar-refractivity contribution >= 4 is 11.7 Å². The number of anilines is 1. The molecule has 0 saturated carbocycles. The summed E-state index contributed by atoms with van der Waals surface area (Å²) in [7, 11) is 3.67. The van der Waals surface area contributed by atoms with Crippen molar-refractivity contribution in [2.24, 2.45) is 0 Å². The van der Waals surface area contributed by atoms with Gasteiger partial charge in [-0.2, -0.15) is 0 Å². The molecule has 0 radical (unpaired) electrons. The van der Waals surface area contributed by atoms with Gasteiger partial charge in [-0.25, -0.2) is 13.6 Å². The minimum Gasteiger partial charge on any atom is -0.478 e. The minimum absolute atomic E-state index is 0.295. The first-order chi connectivity index (χ1) is 7.91. The van der Waals surface area contributed by atoms with Gasteiger partial charge in [0.1, 0.15) is 17.3 Å². The molecule has 0 saturated heterocycles. The lowest BCUT2D eigenvalue weighted by Crippen LogP contribution is -2.21. The number of rotatable bonds is 5. The van der Waals surface area contributed by atoms with Crippen LogP contribution in [0.4, 0.5) is 14.5 Å². The fourth-order valence-corrected chi connectivity index (χ4v) is 1.27. The van der Waals surface area contributed by atoms with E-state index in [2.05, 4.69) is 5.32 Å². The number of aromatic carboxylic acids is 1. The van der Waals surface area contributed by atoms with Gasteiger partial charge in [-0.05, 0) is 26.2 Å². The Morgan fingerprint density at radius 3 is 2.29 bits per heavy atom. The molecule has 4 nitrogen and oxygen atoms in total. The summed E-state index contributed by atoms with van der Waals surface area (Å²) in [6.45, 7) is 0.979. The van der Waals surface area contributed by atoms with Gasteiger partial charge in [0, 0.05) is 13.1 Å². The highest BCUT2D eigenvalue weighted by Crippen LogP contribution is 2.20. The predicted molar refractivity (Wildman–Crippen MR) is 60.4 cm³/mol. The largest absolute Gasteiger partial charge is 0.478 e. The zero-order valence-electron chi connectivity index (χ0n) is 9.63. The zero-order valence-corrected chi connectivity index (χ0v) is 9.63. The molecular weight excluding hydrogens is 230 g/mol. The summed E-state index contributed by atoms with van der Waals surface area (Å²) in [4.78, 5) is 12.4. The quantitative estimate of drug-likeness (QED) is 0.826. The Hall–Kier alpha value is -1.69. The van der Waals surface area contributed by atoms with E-state index >= 15 is 0 Å². The van der Waals surface area contributed by atoms with Crippen molar-refractivity contribution in [2.75, 3.05) is 32.5 Å². The Balaban J connectivity index is 2.83. The second-order valence-corrected chi connectivity index (χ2v) is 3.85. The lowest BCUT2D eigenvalue weighted by atomic mass is 10.2. The number of benzene rings is 1. The maximum absolute atomic E-state index is 13.4. The fraction of sp³-hybridized carbons (Fsp3) is 0.364. The molecule has 0 aliphatic heterocycles. The Bertz CT molecular complexity index is 399. The lowest BCUT2D eigenvalue weighted by Gasteiger charge is -2.12. The molecule has 0 heterocycles. The highest BCUT2D eigenvalue weighted by atomic mass is 19.1. The molecular formula is C11H14F2N2O2. The van der Waals surface area contributed by atoms with E-state index in [1.165, 1.54) is 0 Å². The van der Waals surface area contributed by atoms with E-state index in [9.17, 15) is 13.6 Å². The first-order valence-electron chi connectivity index (χ1n) is 5.02. The Labute approximate surface area is 97.9 Å². The van der Waals surface area contributed by atoms with Crippen LogP contribution in [-0.2, 0) is 0 Å². The zero-order chi connectivity index (χ0) is 13.0. The molecule has 0 amide bonds. The van der Waals surface area contributed by atoms with Crippen molar-refractivity contribution in [3.63, 3.8) is 0 Å². The second-order valence-electron chi connectivity index (χ2n) is 3.85. The minimum atomic E-state index is -1.36. The number of likely N-dealkylation sites (N-methyl/N-ethyl adjacent to an activating group) is 1. The van der Waals surface area contributed by atoms with Crippen LogP contribution in [-0.4, -0.2) is 43.2 Å². The molecule has 0 aliphatic carbocycles. The van der Waals surface area contributed by atoms with E-state index in [0.717, 1.165) is 12.1 Å². The summed E-state index contributed by atoms with van der Waals surface area (Å²) in [6, 6.07) is 1.59. The SMILES string of the molecule is CN(C)CCNc1c(F)cc(C(=O)O)cc1F. The van der Waals surface area contributed by atoms with Gasteiger partial charge < -0.3 is 15.3 Å². The second kappa shape index (κ2) is 5.58. The van der Waals surface area contributed by atoms with Crippen LogP contribution in [0.2, 0.25) is 0 Å². The molecule has 6 heteroatoms. The van der Waals surface area contributed by atoms with Gasteiger partial charge >= 0.3 is 5.97 Å². The van der Waals surface area contributed by atoms with Crippen LogP contribution in [0.1, 0.15) is 10.4 Å². The van der Waals surface area contributed by atoms with Crippen LogP contribution < -0.4 is 5.32 Å². The summed E-state index contributed by atoms with van der Waals surface area (Å²) in [5, 5.41) is 11.2. The normalized spacial score (nSPS) is 10.6. The molecule has 0 fully saturated rings. The molecule has 1 aromatic carbocycles. The summed E-state index contributed by atoms with van der Waals surface area (Å²) in [5.74, 6) is -3.16. The molecule has 0 atom stereocenters. The van der Waals surface area contributed by atoms with Gasteiger partial charge in [-0.1, -0.05) is 0 Å². The topological polar surface area (TPSA) is 52.6 Å². The van der Waals surface area contributed by atoms with Crippen molar-refractivity contribution in [3.05, 3.63) is 29.3 Å². The molecule has 1 aromatic rings. The van der Waals surface area contributed by atoms with Gasteiger partial charge in [0.2, 0.25) is 0 Å². The van der Waals surface area contributed by atoms with E-state index in [1.54, 1.807) is 0 Å².